The average molecular weight is 399 g/mol. The molecule has 0 saturated carbocycles. The van der Waals surface area contributed by atoms with Crippen molar-refractivity contribution in [1.29, 1.82) is 0 Å². The fourth-order valence-corrected chi connectivity index (χ4v) is 3.41. The lowest BCUT2D eigenvalue weighted by atomic mass is 10.0. The van der Waals surface area contributed by atoms with Crippen molar-refractivity contribution < 1.29 is 18.7 Å². The number of aromatic nitrogens is 1. The summed E-state index contributed by atoms with van der Waals surface area (Å²) in [4.78, 5) is 33.4. The fraction of sp³-hybridized carbons (Fsp3) is 0.500. The summed E-state index contributed by atoms with van der Waals surface area (Å²) < 4.78 is 11.0. The Morgan fingerprint density at radius 1 is 1.21 bits per heavy atom. The largest absolute Gasteiger partial charge is 0.456 e. The second-order valence-electron chi connectivity index (χ2n) is 8.36. The third-order valence-electron chi connectivity index (χ3n) is 4.83. The molecular formula is C22H29N3O4. The summed E-state index contributed by atoms with van der Waals surface area (Å²) in [6.45, 7) is 8.88. The van der Waals surface area contributed by atoms with E-state index >= 15 is 0 Å². The highest BCUT2D eigenvalue weighted by atomic mass is 16.6. The maximum absolute atomic E-state index is 13.2. The van der Waals surface area contributed by atoms with Crippen molar-refractivity contribution in [3.63, 3.8) is 0 Å². The maximum Gasteiger partial charge on any atom is 0.410 e. The van der Waals surface area contributed by atoms with E-state index in [9.17, 15) is 9.59 Å². The first-order chi connectivity index (χ1) is 13.7. The van der Waals surface area contributed by atoms with Crippen LogP contribution in [0.5, 0.6) is 0 Å². The van der Waals surface area contributed by atoms with Gasteiger partial charge in [-0.15, -0.1) is 0 Å². The predicted molar refractivity (Wildman–Crippen MR) is 108 cm³/mol. The van der Waals surface area contributed by atoms with E-state index in [1.165, 1.54) is 0 Å². The van der Waals surface area contributed by atoms with E-state index in [1.807, 2.05) is 50.8 Å². The molecule has 0 bridgehead atoms. The van der Waals surface area contributed by atoms with E-state index in [0.29, 0.717) is 44.0 Å². The number of aryl methyl sites for hydroxylation is 1. The first-order valence-corrected chi connectivity index (χ1v) is 9.98. The van der Waals surface area contributed by atoms with E-state index in [-0.39, 0.29) is 18.0 Å². The van der Waals surface area contributed by atoms with Gasteiger partial charge in [-0.3, -0.25) is 9.78 Å². The topological polar surface area (TPSA) is 75.9 Å². The Hall–Kier alpha value is -2.83. The van der Waals surface area contributed by atoms with Crippen LogP contribution in [0.3, 0.4) is 0 Å². The lowest BCUT2D eigenvalue weighted by Gasteiger charge is -2.38. The van der Waals surface area contributed by atoms with Gasteiger partial charge in [0.2, 0.25) is 0 Å². The van der Waals surface area contributed by atoms with Crippen LogP contribution in [-0.4, -0.2) is 51.5 Å². The summed E-state index contributed by atoms with van der Waals surface area (Å²) >= 11 is 0. The van der Waals surface area contributed by atoms with Crippen LogP contribution < -0.4 is 0 Å². The number of carbonyl (C=O) groups excluding carboxylic acids is 2. The van der Waals surface area contributed by atoms with Crippen molar-refractivity contribution in [2.24, 2.45) is 0 Å². The quantitative estimate of drug-likeness (QED) is 0.776. The number of carbonyl (C=O) groups is 2. The minimum absolute atomic E-state index is 0.00593. The Labute approximate surface area is 171 Å². The zero-order valence-corrected chi connectivity index (χ0v) is 17.6. The van der Waals surface area contributed by atoms with Crippen LogP contribution in [0, 0.1) is 6.92 Å². The van der Waals surface area contributed by atoms with Crippen molar-refractivity contribution in [2.75, 3.05) is 13.1 Å². The number of likely N-dealkylation sites (tertiary alicyclic amines) is 1. The molecule has 0 radical (unpaired) electrons. The SMILES string of the molecule is Cc1ccc(C(=O)N(Cc2ccccn2)C2CCN(C(=O)OC(C)(C)C)CC2)o1. The first kappa shape index (κ1) is 20.9. The summed E-state index contributed by atoms with van der Waals surface area (Å²) in [5.74, 6) is 0.873. The third kappa shape index (κ3) is 5.59. The number of furan rings is 1. The molecule has 2 amide bonds. The molecule has 0 aliphatic carbocycles. The highest BCUT2D eigenvalue weighted by molar-refractivity contribution is 5.91. The van der Waals surface area contributed by atoms with Crippen LogP contribution >= 0.6 is 0 Å². The molecule has 1 fully saturated rings. The summed E-state index contributed by atoms with van der Waals surface area (Å²) in [5, 5.41) is 0. The molecule has 7 nitrogen and oxygen atoms in total. The van der Waals surface area contributed by atoms with Gasteiger partial charge in [-0.25, -0.2) is 4.79 Å². The second-order valence-corrected chi connectivity index (χ2v) is 8.36. The molecule has 1 saturated heterocycles. The standard InChI is InChI=1S/C22H29N3O4/c1-16-8-9-19(28-16)20(26)25(15-17-7-5-6-12-23-17)18-10-13-24(14-11-18)21(27)29-22(2,3)4/h5-9,12,18H,10-11,13-15H2,1-4H3. The van der Waals surface area contributed by atoms with Crippen molar-refractivity contribution in [3.05, 3.63) is 53.7 Å². The van der Waals surface area contributed by atoms with E-state index in [1.54, 1.807) is 23.2 Å². The van der Waals surface area contributed by atoms with Gasteiger partial charge in [0.15, 0.2) is 5.76 Å². The van der Waals surface area contributed by atoms with E-state index in [2.05, 4.69) is 4.98 Å². The van der Waals surface area contributed by atoms with Crippen LogP contribution in [-0.2, 0) is 11.3 Å². The molecular weight excluding hydrogens is 370 g/mol. The van der Waals surface area contributed by atoms with Gasteiger partial charge in [-0.05, 0) is 64.8 Å². The molecule has 1 aliphatic heterocycles. The lowest BCUT2D eigenvalue weighted by molar-refractivity contribution is 0.0137. The molecule has 0 spiro atoms. The van der Waals surface area contributed by atoms with Gasteiger partial charge >= 0.3 is 6.09 Å². The van der Waals surface area contributed by atoms with Crippen LogP contribution in [0.4, 0.5) is 4.79 Å². The molecule has 156 valence electrons. The number of rotatable bonds is 4. The molecule has 7 heteroatoms. The van der Waals surface area contributed by atoms with Gasteiger partial charge < -0.3 is 19.0 Å². The fourth-order valence-electron chi connectivity index (χ4n) is 3.41. The molecule has 2 aromatic rings. The third-order valence-corrected chi connectivity index (χ3v) is 4.83. The Balaban J connectivity index is 1.71. The lowest BCUT2D eigenvalue weighted by Crippen LogP contribution is -2.49. The molecule has 0 aromatic carbocycles. The molecule has 0 N–H and O–H groups in total. The Kier molecular flexibility index (Phi) is 6.25. The van der Waals surface area contributed by atoms with Crippen molar-refractivity contribution >= 4 is 12.0 Å². The van der Waals surface area contributed by atoms with Crippen LogP contribution in [0.25, 0.3) is 0 Å². The zero-order chi connectivity index (χ0) is 21.0. The van der Waals surface area contributed by atoms with E-state index < -0.39 is 5.60 Å². The Bertz CT molecular complexity index is 833. The molecule has 1 aliphatic rings. The van der Waals surface area contributed by atoms with Crippen LogP contribution in [0.1, 0.15) is 55.6 Å². The number of hydrogen-bond acceptors (Lipinski definition) is 5. The van der Waals surface area contributed by atoms with Gasteiger partial charge in [0.1, 0.15) is 11.4 Å². The van der Waals surface area contributed by atoms with E-state index in [0.717, 1.165) is 5.69 Å². The van der Waals surface area contributed by atoms with Gasteiger partial charge in [0, 0.05) is 25.3 Å². The molecule has 3 heterocycles. The number of piperidine rings is 1. The summed E-state index contributed by atoms with van der Waals surface area (Å²) in [5.41, 5.74) is 0.296. The summed E-state index contributed by atoms with van der Waals surface area (Å²) in [6.07, 6.45) is 2.77. The normalized spacial score (nSPS) is 15.2. The first-order valence-electron chi connectivity index (χ1n) is 9.98. The highest BCUT2D eigenvalue weighted by Gasteiger charge is 2.33. The molecule has 0 unspecified atom stereocenters. The summed E-state index contributed by atoms with van der Waals surface area (Å²) in [7, 11) is 0. The smallest absolute Gasteiger partial charge is 0.410 e. The Morgan fingerprint density at radius 3 is 2.48 bits per heavy atom. The monoisotopic (exact) mass is 399 g/mol. The number of amides is 2. The summed E-state index contributed by atoms with van der Waals surface area (Å²) in [6, 6.07) is 9.16. The van der Waals surface area contributed by atoms with Crippen molar-refractivity contribution in [2.45, 2.75) is 58.7 Å². The minimum atomic E-state index is -0.522. The predicted octanol–water partition coefficient (Wildman–Crippen LogP) is 4.02. The highest BCUT2D eigenvalue weighted by Crippen LogP contribution is 2.23. The number of pyridine rings is 1. The Morgan fingerprint density at radius 2 is 1.93 bits per heavy atom. The van der Waals surface area contributed by atoms with Crippen LogP contribution in [0.2, 0.25) is 0 Å². The number of nitrogens with zero attached hydrogens (tertiary/aromatic N) is 3. The van der Waals surface area contributed by atoms with Gasteiger partial charge in [-0.1, -0.05) is 6.07 Å². The maximum atomic E-state index is 13.2. The van der Waals surface area contributed by atoms with Gasteiger partial charge in [-0.2, -0.15) is 0 Å². The van der Waals surface area contributed by atoms with Crippen molar-refractivity contribution in [3.8, 4) is 0 Å². The average Bonchev–Trinajstić information content (AvgIpc) is 3.12. The molecule has 0 atom stereocenters. The van der Waals surface area contributed by atoms with Gasteiger partial charge in [0.05, 0.1) is 12.2 Å². The number of hydrogen-bond donors (Lipinski definition) is 0. The minimum Gasteiger partial charge on any atom is -0.456 e. The molecule has 29 heavy (non-hydrogen) atoms. The number of ether oxygens (including phenoxy) is 1. The zero-order valence-electron chi connectivity index (χ0n) is 17.6. The van der Waals surface area contributed by atoms with Gasteiger partial charge in [0.25, 0.3) is 5.91 Å². The second kappa shape index (κ2) is 8.68. The molecule has 3 rings (SSSR count). The van der Waals surface area contributed by atoms with Crippen LogP contribution in [0.15, 0.2) is 40.9 Å². The molecule has 2 aromatic heterocycles. The van der Waals surface area contributed by atoms with Crippen molar-refractivity contribution in [1.82, 2.24) is 14.8 Å². The van der Waals surface area contributed by atoms with E-state index in [4.69, 9.17) is 9.15 Å².